The van der Waals surface area contributed by atoms with E-state index in [0.717, 1.165) is 43.3 Å². The number of benzene rings is 9. The fourth-order valence-electron chi connectivity index (χ4n) is 12.9. The lowest BCUT2D eigenvalue weighted by molar-refractivity contribution is 0.330. The Labute approximate surface area is 395 Å². The van der Waals surface area contributed by atoms with Gasteiger partial charge in [0.05, 0.1) is 6.04 Å². The summed E-state index contributed by atoms with van der Waals surface area (Å²) in [5.74, 6) is 1.00. The first-order valence-electron chi connectivity index (χ1n) is 24.3. The van der Waals surface area contributed by atoms with E-state index in [2.05, 4.69) is 195 Å². The first kappa shape index (κ1) is 39.1. The summed E-state index contributed by atoms with van der Waals surface area (Å²) in [6.45, 7) is 2.54. The molecule has 67 heavy (non-hydrogen) atoms. The number of rotatable bonds is 4. The van der Waals surface area contributed by atoms with Gasteiger partial charge in [-0.3, -0.25) is 4.99 Å². The van der Waals surface area contributed by atoms with Gasteiger partial charge in [0.2, 0.25) is 0 Å². The second-order valence-electron chi connectivity index (χ2n) is 19.5. The van der Waals surface area contributed by atoms with Crippen LogP contribution in [0.15, 0.2) is 197 Å². The Morgan fingerprint density at radius 2 is 1.16 bits per heavy atom. The molecule has 3 aliphatic rings. The van der Waals surface area contributed by atoms with Crippen LogP contribution in [0.1, 0.15) is 82.9 Å². The normalized spacial score (nSPS) is 20.3. The Hall–Kier alpha value is -7.07. The van der Waals surface area contributed by atoms with Gasteiger partial charge in [0.25, 0.3) is 0 Å². The fraction of sp³-hybridized carbons (Fsp3) is 0.172. The molecule has 4 unspecified atom stereocenters. The van der Waals surface area contributed by atoms with Crippen molar-refractivity contribution in [3.8, 4) is 22.3 Å². The van der Waals surface area contributed by atoms with Crippen molar-refractivity contribution in [1.82, 2.24) is 0 Å². The van der Waals surface area contributed by atoms with Gasteiger partial charge in [-0.05, 0) is 141 Å². The Kier molecular flexibility index (Phi) is 9.06. The molecule has 322 valence electrons. The van der Waals surface area contributed by atoms with Crippen molar-refractivity contribution < 1.29 is 4.42 Å². The third kappa shape index (κ3) is 6.24. The van der Waals surface area contributed by atoms with Crippen molar-refractivity contribution >= 4 is 69.9 Å². The van der Waals surface area contributed by atoms with E-state index in [-0.39, 0.29) is 23.8 Å². The van der Waals surface area contributed by atoms with Gasteiger partial charge in [0.1, 0.15) is 11.2 Å². The van der Waals surface area contributed by atoms with Crippen LogP contribution in [-0.2, 0) is 12.8 Å². The summed E-state index contributed by atoms with van der Waals surface area (Å²) in [5.41, 5.74) is 18.2. The number of fused-ring (bicyclic) bond motifs is 13. The maximum Gasteiger partial charge on any atom is 0.136 e. The number of hydrogen-bond acceptors (Lipinski definition) is 3. The number of nitrogens with zero attached hydrogens (tertiary/aromatic N) is 1. The summed E-state index contributed by atoms with van der Waals surface area (Å²) in [7, 11) is 0. The molecule has 0 N–H and O–H groups in total. The molecule has 3 heteroatoms. The van der Waals surface area contributed by atoms with Crippen molar-refractivity contribution in [2.45, 2.75) is 62.8 Å². The van der Waals surface area contributed by atoms with Crippen molar-refractivity contribution in [2.75, 3.05) is 0 Å². The topological polar surface area (TPSA) is 25.5 Å². The molecule has 0 bridgehead atoms. The minimum atomic E-state index is 0.0510. The molecule has 2 aliphatic carbocycles. The SMILES string of the molecule is CC1C(c2cccc3c2sc2ccccc23)CCC(c2cc([C@@H]3Cc4cc5ccccc5cc4-c4ccccc43)cc3oc4ccccc4c23)=NC1C1CCc2ccccc2-c2ccccc21. The minimum absolute atomic E-state index is 0.0510. The molecule has 0 fully saturated rings. The van der Waals surface area contributed by atoms with Crippen LogP contribution in [0.2, 0.25) is 0 Å². The van der Waals surface area contributed by atoms with Gasteiger partial charge >= 0.3 is 0 Å². The lowest BCUT2D eigenvalue weighted by atomic mass is 9.73. The molecular weight excluding hydrogens is 831 g/mol. The van der Waals surface area contributed by atoms with Crippen molar-refractivity contribution in [3.05, 3.63) is 227 Å². The molecule has 0 saturated heterocycles. The van der Waals surface area contributed by atoms with E-state index in [1.165, 1.54) is 109 Å². The Bertz CT molecular complexity index is 3810. The van der Waals surface area contributed by atoms with Crippen molar-refractivity contribution in [2.24, 2.45) is 10.9 Å². The highest BCUT2D eigenvalue weighted by Crippen LogP contribution is 2.51. The van der Waals surface area contributed by atoms with Gasteiger partial charge in [0.15, 0.2) is 0 Å². The number of aryl methyl sites for hydroxylation is 1. The molecule has 0 saturated carbocycles. The molecule has 1 aliphatic heterocycles. The van der Waals surface area contributed by atoms with Crippen LogP contribution in [0.5, 0.6) is 0 Å². The Balaban J connectivity index is 0.979. The van der Waals surface area contributed by atoms with E-state index < -0.39 is 0 Å². The number of hydrogen-bond donors (Lipinski definition) is 0. The largest absolute Gasteiger partial charge is 0.456 e. The smallest absolute Gasteiger partial charge is 0.136 e. The summed E-state index contributed by atoms with van der Waals surface area (Å²) in [4.78, 5) is 6.27. The zero-order valence-corrected chi connectivity index (χ0v) is 38.4. The van der Waals surface area contributed by atoms with Crippen molar-refractivity contribution in [1.29, 1.82) is 0 Å². The van der Waals surface area contributed by atoms with Gasteiger partial charge in [-0.15, -0.1) is 11.3 Å². The van der Waals surface area contributed by atoms with Crippen LogP contribution >= 0.6 is 11.3 Å². The van der Waals surface area contributed by atoms with Crippen molar-refractivity contribution in [3.63, 3.8) is 0 Å². The lowest BCUT2D eigenvalue weighted by Crippen LogP contribution is -2.29. The summed E-state index contributed by atoms with van der Waals surface area (Å²) < 4.78 is 9.74. The third-order valence-electron chi connectivity index (χ3n) is 16.0. The Morgan fingerprint density at radius 1 is 0.493 bits per heavy atom. The molecule has 0 amide bonds. The molecule has 3 heterocycles. The van der Waals surface area contributed by atoms with Gasteiger partial charge in [-0.25, -0.2) is 0 Å². The van der Waals surface area contributed by atoms with E-state index in [0.29, 0.717) is 5.92 Å². The molecule has 2 nitrogen and oxygen atoms in total. The molecule has 0 spiro atoms. The molecular formula is C64H49NOS. The number of thiophene rings is 1. The molecule has 0 radical (unpaired) electrons. The maximum absolute atomic E-state index is 6.94. The van der Waals surface area contributed by atoms with Gasteiger partial charge in [-0.2, -0.15) is 0 Å². The zero-order chi connectivity index (χ0) is 44.2. The highest BCUT2D eigenvalue weighted by molar-refractivity contribution is 7.26. The van der Waals surface area contributed by atoms with Gasteiger partial charge < -0.3 is 4.42 Å². The van der Waals surface area contributed by atoms with E-state index in [9.17, 15) is 0 Å². The van der Waals surface area contributed by atoms with Crippen LogP contribution < -0.4 is 0 Å². The summed E-state index contributed by atoms with van der Waals surface area (Å²) in [6.07, 6.45) is 4.91. The van der Waals surface area contributed by atoms with E-state index in [1.807, 2.05) is 11.3 Å². The average molecular weight is 880 g/mol. The molecule has 2 aromatic heterocycles. The molecule has 9 aromatic carbocycles. The quantitative estimate of drug-likeness (QED) is 0.173. The molecule has 11 aromatic rings. The van der Waals surface area contributed by atoms with E-state index in [4.69, 9.17) is 9.41 Å². The molecule has 5 atom stereocenters. The first-order valence-corrected chi connectivity index (χ1v) is 25.1. The maximum atomic E-state index is 6.94. The first-order chi connectivity index (χ1) is 33.1. The monoisotopic (exact) mass is 879 g/mol. The van der Waals surface area contributed by atoms with Crippen LogP contribution in [0.4, 0.5) is 0 Å². The van der Waals surface area contributed by atoms with Crippen LogP contribution in [0.25, 0.3) is 75.1 Å². The highest BCUT2D eigenvalue weighted by Gasteiger charge is 2.39. The molecule has 14 rings (SSSR count). The predicted molar refractivity (Wildman–Crippen MR) is 282 cm³/mol. The van der Waals surface area contributed by atoms with Crippen LogP contribution in [0.3, 0.4) is 0 Å². The predicted octanol–water partition coefficient (Wildman–Crippen LogP) is 17.2. The van der Waals surface area contributed by atoms with Crippen LogP contribution in [-0.4, -0.2) is 11.8 Å². The number of furan rings is 1. The summed E-state index contributed by atoms with van der Waals surface area (Å²) in [5, 5.41) is 7.68. The standard InChI is InChI=1S/C64H49NOS/c1-38-44(52-25-14-26-53-50-23-11-13-28-61(50)67-64(52)53)31-32-58(65-63(38)51-30-29-39-15-4-5-18-45(39)46-19-6-7-20-47(46)51)57-36-43(37-60-62(57)54-24-10-12-27-59(54)66-60)56-35-42-33-40-16-2-3-17-41(40)34-55(42)48-21-8-9-22-49(48)56/h2-28,33-34,36-38,44,51,56,63H,29-32,35H2,1H3/t38?,44?,51?,56-,63?/m0/s1. The highest BCUT2D eigenvalue weighted by atomic mass is 32.1. The fourth-order valence-corrected chi connectivity index (χ4v) is 14.2. The Morgan fingerprint density at radius 3 is 2.04 bits per heavy atom. The average Bonchev–Trinajstić information content (AvgIpc) is 3.85. The van der Waals surface area contributed by atoms with Gasteiger partial charge in [-0.1, -0.05) is 165 Å². The third-order valence-corrected chi connectivity index (χ3v) is 17.3. The lowest BCUT2D eigenvalue weighted by Gasteiger charge is -2.33. The minimum Gasteiger partial charge on any atom is -0.456 e. The zero-order valence-electron chi connectivity index (χ0n) is 37.6. The number of para-hydroxylation sites is 1. The van der Waals surface area contributed by atoms with Gasteiger partial charge in [0, 0.05) is 54.1 Å². The summed E-state index contributed by atoms with van der Waals surface area (Å²) in [6, 6.07) is 70.8. The number of aliphatic imine (C=N–C) groups is 1. The van der Waals surface area contributed by atoms with E-state index >= 15 is 0 Å². The van der Waals surface area contributed by atoms with Crippen LogP contribution in [0, 0.1) is 5.92 Å². The van der Waals surface area contributed by atoms with E-state index in [1.54, 1.807) is 0 Å². The summed E-state index contributed by atoms with van der Waals surface area (Å²) >= 11 is 1.97. The second kappa shape index (κ2) is 15.5. The second-order valence-corrected chi connectivity index (χ2v) is 20.6.